The molecule has 0 bridgehead atoms. The molecule has 25 heavy (non-hydrogen) atoms. The number of ketones is 1. The number of halogens is 1. The van der Waals surface area contributed by atoms with Crippen molar-refractivity contribution in [3.8, 4) is 0 Å². The van der Waals surface area contributed by atoms with Gasteiger partial charge in [-0.3, -0.25) is 14.6 Å². The number of aliphatic imine (C=N–C) groups is 1. The third-order valence-corrected chi connectivity index (χ3v) is 5.17. The number of carbonyl (C=O) groups excluding carboxylic acids is 2. The zero-order valence-corrected chi connectivity index (χ0v) is 16.5. The van der Waals surface area contributed by atoms with Crippen molar-refractivity contribution in [3.05, 3.63) is 33.8 Å². The van der Waals surface area contributed by atoms with Crippen LogP contribution >= 0.6 is 15.9 Å². The molecule has 2 heterocycles. The first-order valence-electron chi connectivity index (χ1n) is 8.47. The molecule has 1 unspecified atom stereocenters. The van der Waals surface area contributed by atoms with E-state index in [4.69, 9.17) is 9.15 Å². The minimum absolute atomic E-state index is 0.0364. The largest absolute Gasteiger partial charge is 0.465 e. The minimum Gasteiger partial charge on any atom is -0.465 e. The molecule has 0 saturated heterocycles. The van der Waals surface area contributed by atoms with Crippen LogP contribution in [-0.2, 0) is 14.3 Å². The summed E-state index contributed by atoms with van der Waals surface area (Å²) in [5.74, 6) is -0.872. The lowest BCUT2D eigenvalue weighted by molar-refractivity contribution is -0.146. The summed E-state index contributed by atoms with van der Waals surface area (Å²) in [5.41, 5.74) is 1.91. The molecule has 1 aliphatic heterocycles. The van der Waals surface area contributed by atoms with Gasteiger partial charge in [0.15, 0.2) is 10.5 Å². The zero-order valence-electron chi connectivity index (χ0n) is 14.9. The molecule has 0 fully saturated rings. The highest BCUT2D eigenvalue weighted by molar-refractivity contribution is 9.10. The van der Waals surface area contributed by atoms with Gasteiger partial charge >= 0.3 is 5.97 Å². The fourth-order valence-electron chi connectivity index (χ4n) is 3.79. The SMILES string of the molecule is CCOC(=O)C1C(C)=NC2=C(C(=O)CC(C)(C)C2)[C@H]1c1ccc(Br)o1. The molecule has 2 aliphatic rings. The second-order valence-electron chi connectivity index (χ2n) is 7.40. The molecule has 0 amide bonds. The summed E-state index contributed by atoms with van der Waals surface area (Å²) >= 11 is 3.31. The van der Waals surface area contributed by atoms with Crippen LogP contribution in [0.1, 0.15) is 52.2 Å². The monoisotopic (exact) mass is 407 g/mol. The van der Waals surface area contributed by atoms with Crippen molar-refractivity contribution in [2.75, 3.05) is 6.61 Å². The van der Waals surface area contributed by atoms with Crippen LogP contribution in [0.2, 0.25) is 0 Å². The first-order chi connectivity index (χ1) is 11.7. The molecule has 2 atom stereocenters. The highest BCUT2D eigenvalue weighted by Crippen LogP contribution is 2.48. The summed E-state index contributed by atoms with van der Waals surface area (Å²) in [5, 5.41) is 0. The Hall–Kier alpha value is -1.69. The average molecular weight is 408 g/mol. The van der Waals surface area contributed by atoms with Gasteiger partial charge in [0.05, 0.1) is 12.5 Å². The van der Waals surface area contributed by atoms with Crippen LogP contribution in [0, 0.1) is 11.3 Å². The molecule has 1 aromatic rings. The van der Waals surface area contributed by atoms with Gasteiger partial charge in [-0.05, 0) is 53.7 Å². The van der Waals surface area contributed by atoms with Crippen LogP contribution in [0.3, 0.4) is 0 Å². The Labute approximate surface area is 155 Å². The van der Waals surface area contributed by atoms with Crippen molar-refractivity contribution in [2.45, 2.75) is 46.5 Å². The summed E-state index contributed by atoms with van der Waals surface area (Å²) in [6.45, 7) is 8.00. The first kappa shape index (κ1) is 18.1. The second kappa shape index (κ2) is 6.56. The lowest BCUT2D eigenvalue weighted by Crippen LogP contribution is -2.39. The van der Waals surface area contributed by atoms with Crippen LogP contribution in [0.5, 0.6) is 0 Å². The Kier molecular flexibility index (Phi) is 4.75. The number of esters is 1. The normalized spacial score (nSPS) is 25.5. The van der Waals surface area contributed by atoms with Crippen LogP contribution in [0.4, 0.5) is 0 Å². The van der Waals surface area contributed by atoms with Crippen molar-refractivity contribution in [3.63, 3.8) is 0 Å². The van der Waals surface area contributed by atoms with E-state index >= 15 is 0 Å². The Morgan fingerprint density at radius 3 is 2.72 bits per heavy atom. The summed E-state index contributed by atoms with van der Waals surface area (Å²) in [6, 6.07) is 3.58. The van der Waals surface area contributed by atoms with Gasteiger partial charge in [-0.1, -0.05) is 13.8 Å². The number of hydrogen-bond acceptors (Lipinski definition) is 5. The van der Waals surface area contributed by atoms with Gasteiger partial charge in [0.1, 0.15) is 11.7 Å². The summed E-state index contributed by atoms with van der Waals surface area (Å²) < 4.78 is 11.6. The van der Waals surface area contributed by atoms with Gasteiger partial charge in [-0.25, -0.2) is 0 Å². The molecular weight excluding hydrogens is 386 g/mol. The van der Waals surface area contributed by atoms with E-state index in [0.717, 1.165) is 5.70 Å². The van der Waals surface area contributed by atoms with E-state index < -0.39 is 11.8 Å². The number of Topliss-reactive ketones (excluding diaryl/α,β-unsaturated/α-hetero) is 1. The molecule has 0 radical (unpaired) electrons. The number of hydrogen-bond donors (Lipinski definition) is 0. The smallest absolute Gasteiger partial charge is 0.315 e. The van der Waals surface area contributed by atoms with Gasteiger partial charge in [-0.2, -0.15) is 0 Å². The average Bonchev–Trinajstić information content (AvgIpc) is 2.90. The molecule has 5 nitrogen and oxygen atoms in total. The number of furan rings is 1. The number of nitrogens with zero attached hydrogens (tertiary/aromatic N) is 1. The molecule has 1 aliphatic carbocycles. The molecule has 0 spiro atoms. The van der Waals surface area contributed by atoms with Crippen molar-refractivity contribution in [1.82, 2.24) is 0 Å². The highest BCUT2D eigenvalue weighted by Gasteiger charge is 2.47. The maximum absolute atomic E-state index is 12.9. The summed E-state index contributed by atoms with van der Waals surface area (Å²) in [4.78, 5) is 30.2. The van der Waals surface area contributed by atoms with Crippen LogP contribution in [-0.4, -0.2) is 24.1 Å². The molecule has 1 aromatic heterocycles. The Morgan fingerprint density at radius 2 is 2.12 bits per heavy atom. The van der Waals surface area contributed by atoms with E-state index in [9.17, 15) is 9.59 Å². The van der Waals surface area contributed by atoms with Gasteiger partial charge in [0.2, 0.25) is 0 Å². The standard InChI is InChI=1S/C19H22BrNO4/c1-5-24-18(23)15-10(2)21-11-8-19(3,4)9-12(22)16(11)17(15)13-6-7-14(20)25-13/h6-7,15,17H,5,8-9H2,1-4H3/t15?,17-/m0/s1. The maximum atomic E-state index is 12.9. The summed E-state index contributed by atoms with van der Waals surface area (Å²) in [7, 11) is 0. The number of ether oxygens (including phenoxy) is 1. The molecule has 0 saturated carbocycles. The zero-order chi connectivity index (χ0) is 18.4. The van der Waals surface area contributed by atoms with Crippen LogP contribution < -0.4 is 0 Å². The van der Waals surface area contributed by atoms with E-state index in [-0.39, 0.29) is 23.8 Å². The quantitative estimate of drug-likeness (QED) is 0.695. The van der Waals surface area contributed by atoms with E-state index in [1.165, 1.54) is 0 Å². The molecule has 0 N–H and O–H groups in total. The molecule has 6 heteroatoms. The van der Waals surface area contributed by atoms with Gasteiger partial charge in [0.25, 0.3) is 0 Å². The minimum atomic E-state index is -0.637. The van der Waals surface area contributed by atoms with Gasteiger partial charge in [-0.15, -0.1) is 0 Å². The maximum Gasteiger partial charge on any atom is 0.315 e. The van der Waals surface area contributed by atoms with E-state index in [1.807, 2.05) is 6.92 Å². The number of allylic oxidation sites excluding steroid dienone is 2. The van der Waals surface area contributed by atoms with Gasteiger partial charge in [0, 0.05) is 23.4 Å². The molecule has 134 valence electrons. The third-order valence-electron chi connectivity index (χ3n) is 4.74. The third kappa shape index (κ3) is 3.36. The predicted octanol–water partition coefficient (Wildman–Crippen LogP) is 4.42. The van der Waals surface area contributed by atoms with Crippen molar-refractivity contribution < 1.29 is 18.7 Å². The van der Waals surface area contributed by atoms with Crippen LogP contribution in [0.25, 0.3) is 0 Å². The fraction of sp³-hybridized carbons (Fsp3) is 0.526. The highest BCUT2D eigenvalue weighted by atomic mass is 79.9. The topological polar surface area (TPSA) is 68.9 Å². The summed E-state index contributed by atoms with van der Waals surface area (Å²) in [6.07, 6.45) is 1.15. The predicted molar refractivity (Wildman–Crippen MR) is 97.4 cm³/mol. The molecule has 3 rings (SSSR count). The van der Waals surface area contributed by atoms with Crippen molar-refractivity contribution in [2.24, 2.45) is 16.3 Å². The van der Waals surface area contributed by atoms with Crippen molar-refractivity contribution >= 4 is 33.4 Å². The lowest BCUT2D eigenvalue weighted by Gasteiger charge is -2.38. The Bertz CT molecular complexity index is 787. The molecule has 0 aromatic carbocycles. The van der Waals surface area contributed by atoms with E-state index in [0.29, 0.717) is 34.6 Å². The first-order valence-corrected chi connectivity index (χ1v) is 9.26. The number of rotatable bonds is 3. The van der Waals surface area contributed by atoms with E-state index in [1.54, 1.807) is 19.1 Å². The number of carbonyl (C=O) groups is 2. The van der Waals surface area contributed by atoms with Crippen molar-refractivity contribution in [1.29, 1.82) is 0 Å². The lowest BCUT2D eigenvalue weighted by atomic mass is 9.68. The second-order valence-corrected chi connectivity index (χ2v) is 8.19. The Balaban J connectivity index is 2.15. The fourth-order valence-corrected chi connectivity index (χ4v) is 4.10. The van der Waals surface area contributed by atoms with E-state index in [2.05, 4.69) is 34.8 Å². The van der Waals surface area contributed by atoms with Crippen LogP contribution in [0.15, 0.2) is 37.5 Å². The Morgan fingerprint density at radius 1 is 1.40 bits per heavy atom. The van der Waals surface area contributed by atoms with Gasteiger partial charge < -0.3 is 9.15 Å². The molecular formula is C19H22BrNO4.